The number of alkyl halides is 3. The number of hydrogen-bond acceptors (Lipinski definition) is 4. The van der Waals surface area contributed by atoms with Crippen molar-refractivity contribution in [2.45, 2.75) is 25.9 Å². The molecule has 4 aromatic rings. The molecule has 2 amide bonds. The Bertz CT molecular complexity index is 1640. The van der Waals surface area contributed by atoms with Crippen molar-refractivity contribution < 1.29 is 32.7 Å². The van der Waals surface area contributed by atoms with Crippen LogP contribution in [-0.4, -0.2) is 40.9 Å². The average molecular weight is 547 g/mol. The van der Waals surface area contributed by atoms with Crippen LogP contribution < -0.4 is 5.32 Å². The lowest BCUT2D eigenvalue weighted by molar-refractivity contribution is -0.137. The molecule has 1 aliphatic rings. The zero-order chi connectivity index (χ0) is 28.6. The predicted molar refractivity (Wildman–Crippen MR) is 145 cm³/mol. The first-order valence-corrected chi connectivity index (χ1v) is 12.7. The summed E-state index contributed by atoms with van der Waals surface area (Å²) in [5.74, 6) is -2.24. The number of carboxylic acids is 1. The normalized spacial score (nSPS) is 13.2. The summed E-state index contributed by atoms with van der Waals surface area (Å²) in [7, 11) is 0. The lowest BCUT2D eigenvalue weighted by Crippen LogP contribution is -2.41. The third-order valence-electron chi connectivity index (χ3n) is 7.03. The molecule has 1 aliphatic heterocycles. The van der Waals surface area contributed by atoms with Gasteiger partial charge >= 0.3 is 12.1 Å². The first-order chi connectivity index (χ1) is 19.0. The molecule has 0 bridgehead atoms. The summed E-state index contributed by atoms with van der Waals surface area (Å²) in [6, 6.07) is 18.7. The summed E-state index contributed by atoms with van der Waals surface area (Å²) in [6.07, 6.45) is -3.75. The summed E-state index contributed by atoms with van der Waals surface area (Å²) in [4.78, 5) is 40.2. The number of halogens is 3. The summed E-state index contributed by atoms with van der Waals surface area (Å²) in [6.45, 7) is 2.33. The Morgan fingerprint density at radius 1 is 0.850 bits per heavy atom. The highest BCUT2D eigenvalue weighted by molar-refractivity contribution is 6.29. The number of aryl methyl sites for hydroxylation is 1. The van der Waals surface area contributed by atoms with Crippen LogP contribution in [0.3, 0.4) is 0 Å². The molecular formula is C31H25F3N2O4. The van der Waals surface area contributed by atoms with E-state index in [1.54, 1.807) is 18.2 Å². The highest BCUT2D eigenvalue weighted by atomic mass is 19.4. The van der Waals surface area contributed by atoms with Crippen LogP contribution in [0.4, 0.5) is 18.9 Å². The number of aromatic carboxylic acids is 1. The smallest absolute Gasteiger partial charge is 0.416 e. The number of rotatable bonds is 8. The van der Waals surface area contributed by atoms with Gasteiger partial charge in [0.25, 0.3) is 11.8 Å². The van der Waals surface area contributed by atoms with Crippen LogP contribution in [0.2, 0.25) is 0 Å². The summed E-state index contributed by atoms with van der Waals surface area (Å²) >= 11 is 0. The largest absolute Gasteiger partial charge is 0.478 e. The second-order valence-electron chi connectivity index (χ2n) is 9.75. The summed E-state index contributed by atoms with van der Waals surface area (Å²) < 4.78 is 39.2. The predicted octanol–water partition coefficient (Wildman–Crippen LogP) is 6.36. The maximum Gasteiger partial charge on any atom is 0.416 e. The van der Waals surface area contributed by atoms with Gasteiger partial charge in [-0.3, -0.25) is 14.5 Å². The van der Waals surface area contributed by atoms with E-state index in [2.05, 4.69) is 5.32 Å². The monoisotopic (exact) mass is 546 g/mol. The molecule has 0 spiro atoms. The van der Waals surface area contributed by atoms with Gasteiger partial charge in [0.05, 0.1) is 11.1 Å². The zero-order valence-electron chi connectivity index (χ0n) is 21.5. The molecule has 9 heteroatoms. The molecule has 0 fully saturated rings. The first kappa shape index (κ1) is 26.9. The third kappa shape index (κ3) is 5.14. The van der Waals surface area contributed by atoms with Crippen molar-refractivity contribution in [3.8, 4) is 0 Å². The minimum Gasteiger partial charge on any atom is -0.478 e. The summed E-state index contributed by atoms with van der Waals surface area (Å²) in [5, 5.41) is 13.5. The number of benzene rings is 4. The summed E-state index contributed by atoms with van der Waals surface area (Å²) in [5.41, 5.74) is 2.49. The lowest BCUT2D eigenvalue weighted by atomic mass is 9.90. The Morgan fingerprint density at radius 3 is 2.15 bits per heavy atom. The van der Waals surface area contributed by atoms with Crippen LogP contribution in [0, 0.1) is 6.92 Å². The number of nitrogens with zero attached hydrogens (tertiary/aromatic N) is 1. The molecule has 0 unspecified atom stereocenters. The molecule has 0 radical (unpaired) electrons. The molecule has 6 nitrogen and oxygen atoms in total. The molecule has 40 heavy (non-hydrogen) atoms. The molecule has 0 saturated heterocycles. The Kier molecular flexibility index (Phi) is 7.06. The Labute approximate surface area is 228 Å². The Morgan fingerprint density at radius 2 is 1.50 bits per heavy atom. The Hall–Kier alpha value is -4.66. The average Bonchev–Trinajstić information content (AvgIpc) is 2.91. The molecule has 5 rings (SSSR count). The van der Waals surface area contributed by atoms with Gasteiger partial charge in [-0.25, -0.2) is 4.79 Å². The maximum atomic E-state index is 13.5. The van der Waals surface area contributed by atoms with Crippen LogP contribution in [-0.2, 0) is 19.0 Å². The van der Waals surface area contributed by atoms with Gasteiger partial charge in [-0.05, 0) is 61.2 Å². The fourth-order valence-electron chi connectivity index (χ4n) is 5.12. The van der Waals surface area contributed by atoms with Crippen molar-refractivity contribution in [3.63, 3.8) is 0 Å². The van der Waals surface area contributed by atoms with Gasteiger partial charge in [-0.15, -0.1) is 0 Å². The van der Waals surface area contributed by atoms with Crippen LogP contribution in [0.1, 0.15) is 53.3 Å². The van der Waals surface area contributed by atoms with E-state index < -0.39 is 29.5 Å². The number of hydrogen-bond donors (Lipinski definition) is 2. The van der Waals surface area contributed by atoms with Gasteiger partial charge in [0.2, 0.25) is 0 Å². The van der Waals surface area contributed by atoms with Gasteiger partial charge in [0, 0.05) is 40.7 Å². The maximum absolute atomic E-state index is 13.5. The van der Waals surface area contributed by atoms with E-state index in [0.717, 1.165) is 23.3 Å². The molecule has 0 atom stereocenters. The number of carbonyl (C=O) groups is 3. The minimum atomic E-state index is -4.46. The van der Waals surface area contributed by atoms with E-state index in [4.69, 9.17) is 0 Å². The zero-order valence-corrected chi connectivity index (χ0v) is 21.5. The first-order valence-electron chi connectivity index (χ1n) is 12.7. The van der Waals surface area contributed by atoms with Crippen LogP contribution in [0.5, 0.6) is 0 Å². The SMILES string of the molecule is Cc1cccc(CCN2C(=O)c3ccc(NCCc4cccc(C(F)(F)F)c4)c4c(C(=O)O)ccc(c34)C2=O)c1. The van der Waals surface area contributed by atoms with Gasteiger partial charge in [0.1, 0.15) is 0 Å². The second kappa shape index (κ2) is 10.5. The van der Waals surface area contributed by atoms with E-state index >= 15 is 0 Å². The van der Waals surface area contributed by atoms with Crippen molar-refractivity contribution in [3.05, 3.63) is 112 Å². The Balaban J connectivity index is 1.45. The van der Waals surface area contributed by atoms with Crippen molar-refractivity contribution in [1.29, 1.82) is 0 Å². The fraction of sp³-hybridized carbons (Fsp3) is 0.194. The quantitative estimate of drug-likeness (QED) is 0.251. The number of carbonyl (C=O) groups excluding carboxylic acids is 2. The number of anilines is 1. The van der Waals surface area contributed by atoms with Crippen molar-refractivity contribution in [2.75, 3.05) is 18.4 Å². The van der Waals surface area contributed by atoms with E-state index in [1.165, 1.54) is 23.1 Å². The van der Waals surface area contributed by atoms with Crippen molar-refractivity contribution >= 4 is 34.2 Å². The number of imide groups is 1. The van der Waals surface area contributed by atoms with E-state index in [9.17, 15) is 32.7 Å². The van der Waals surface area contributed by atoms with Gasteiger partial charge in [0.15, 0.2) is 0 Å². The van der Waals surface area contributed by atoms with Crippen molar-refractivity contribution in [1.82, 2.24) is 4.90 Å². The number of carboxylic acid groups (broad SMARTS) is 1. The van der Waals surface area contributed by atoms with E-state index in [1.807, 2.05) is 31.2 Å². The highest BCUT2D eigenvalue weighted by Crippen LogP contribution is 2.37. The molecule has 0 aliphatic carbocycles. The minimum absolute atomic E-state index is 0.0871. The second-order valence-corrected chi connectivity index (χ2v) is 9.75. The third-order valence-corrected chi connectivity index (χ3v) is 7.03. The molecule has 4 aromatic carbocycles. The molecular weight excluding hydrogens is 521 g/mol. The molecule has 1 heterocycles. The van der Waals surface area contributed by atoms with Crippen LogP contribution in [0.15, 0.2) is 72.8 Å². The molecule has 2 N–H and O–H groups in total. The van der Waals surface area contributed by atoms with Gasteiger partial charge < -0.3 is 10.4 Å². The van der Waals surface area contributed by atoms with Crippen LogP contribution >= 0.6 is 0 Å². The van der Waals surface area contributed by atoms with Crippen molar-refractivity contribution in [2.24, 2.45) is 0 Å². The molecule has 0 saturated carbocycles. The standard InChI is InChI=1S/C31H25F3N2O4/c1-18-4-2-5-20(16-18)13-15-36-28(37)22-8-9-24(30(39)40)27-25(11-10-23(26(22)27)29(36)38)35-14-12-19-6-3-7-21(17-19)31(32,33)34/h2-11,16-17,35H,12-15H2,1H3,(H,39,40). The number of amides is 2. The van der Waals surface area contributed by atoms with Crippen LogP contribution in [0.25, 0.3) is 10.8 Å². The van der Waals surface area contributed by atoms with E-state index in [-0.39, 0.29) is 47.0 Å². The topological polar surface area (TPSA) is 86.7 Å². The van der Waals surface area contributed by atoms with E-state index in [0.29, 0.717) is 17.7 Å². The molecule has 204 valence electrons. The highest BCUT2D eigenvalue weighted by Gasteiger charge is 2.34. The lowest BCUT2D eigenvalue weighted by Gasteiger charge is -2.28. The molecule has 0 aromatic heterocycles. The van der Waals surface area contributed by atoms with Gasteiger partial charge in [-0.1, -0.05) is 48.0 Å². The fourth-order valence-corrected chi connectivity index (χ4v) is 5.12. The number of nitrogens with one attached hydrogen (secondary N) is 1. The van der Waals surface area contributed by atoms with Gasteiger partial charge in [-0.2, -0.15) is 13.2 Å².